The predicted octanol–water partition coefficient (Wildman–Crippen LogP) is 4.89. The van der Waals surface area contributed by atoms with Crippen LogP contribution in [0.2, 0.25) is 5.02 Å². The fourth-order valence-electron chi connectivity index (χ4n) is 6.49. The molecule has 4 aliphatic rings. The summed E-state index contributed by atoms with van der Waals surface area (Å²) < 4.78 is 5.61. The van der Waals surface area contributed by atoms with E-state index in [4.69, 9.17) is 16.3 Å². The van der Waals surface area contributed by atoms with E-state index < -0.39 is 11.9 Å². The first-order chi connectivity index (χ1) is 17.7. The van der Waals surface area contributed by atoms with E-state index in [-0.39, 0.29) is 64.0 Å². The molecule has 4 fully saturated rings. The Morgan fingerprint density at radius 1 is 1.00 bits per heavy atom. The highest BCUT2D eigenvalue weighted by Crippen LogP contribution is 2.60. The van der Waals surface area contributed by atoms with Crippen LogP contribution in [0, 0.1) is 36.5 Å². The summed E-state index contributed by atoms with van der Waals surface area (Å²) in [6, 6.07) is 11.8. The number of fused-ring (bicyclic) bond motifs is 5. The third-order valence-corrected chi connectivity index (χ3v) is 11.6. The third-order valence-electron chi connectivity index (χ3n) is 8.19. The number of halogens is 3. The van der Waals surface area contributed by atoms with Gasteiger partial charge in [0.25, 0.3) is 0 Å². The van der Waals surface area contributed by atoms with Crippen molar-refractivity contribution in [2.45, 2.75) is 29.4 Å². The molecule has 2 aromatic carbocycles. The summed E-state index contributed by atoms with van der Waals surface area (Å²) in [6.07, 6.45) is 0.923. The molecule has 2 aromatic rings. The Hall–Kier alpha value is -2.23. The fraction of sp³-hybridized carbons (Fsp3) is 0.407. The largest absolute Gasteiger partial charge is 0.426 e. The van der Waals surface area contributed by atoms with Crippen LogP contribution in [-0.2, 0) is 19.2 Å². The van der Waals surface area contributed by atoms with Crippen molar-refractivity contribution in [2.24, 2.45) is 29.6 Å². The molecule has 2 saturated carbocycles. The van der Waals surface area contributed by atoms with E-state index in [1.165, 1.54) is 9.80 Å². The van der Waals surface area contributed by atoms with E-state index in [2.05, 4.69) is 31.9 Å². The number of rotatable bonds is 4. The minimum atomic E-state index is -0.613. The van der Waals surface area contributed by atoms with E-state index in [0.717, 1.165) is 6.42 Å². The minimum absolute atomic E-state index is 0.0490. The number of hydrogen-bond acceptors (Lipinski definition) is 5. The van der Waals surface area contributed by atoms with Gasteiger partial charge >= 0.3 is 5.97 Å². The van der Waals surface area contributed by atoms with Crippen molar-refractivity contribution in [3.63, 3.8) is 0 Å². The number of carbonyl (C=O) groups is 4. The molecule has 0 radical (unpaired) electrons. The van der Waals surface area contributed by atoms with Crippen molar-refractivity contribution in [3.8, 4) is 5.75 Å². The Bertz CT molecular complexity index is 1320. The van der Waals surface area contributed by atoms with Crippen molar-refractivity contribution < 1.29 is 23.9 Å². The van der Waals surface area contributed by atoms with E-state index in [0.29, 0.717) is 27.7 Å². The molecule has 3 amide bonds. The monoisotopic (exact) mass is 648 g/mol. The highest BCUT2D eigenvalue weighted by Gasteiger charge is 2.66. The van der Waals surface area contributed by atoms with Crippen LogP contribution in [-0.4, -0.2) is 39.9 Å². The van der Waals surface area contributed by atoms with Crippen LogP contribution in [0.3, 0.4) is 0 Å². The van der Waals surface area contributed by atoms with Gasteiger partial charge in [-0.25, -0.2) is 4.90 Å². The molecule has 0 spiro atoms. The maximum Gasteiger partial charge on any atom is 0.316 e. The SMILES string of the molecule is Cc1cc(OC(=O)[C@@H]2CC(=O)N(c3cccc(Cl)c3)C2)ccc1N1C(=O)[C@@H]2[C@H]3C[C@@H]([C@H](Br)[C@H]3Br)[C@H]2C1=O. The average Bonchev–Trinajstić information content (AvgIpc) is 3.58. The van der Waals surface area contributed by atoms with Gasteiger partial charge in [-0.1, -0.05) is 49.5 Å². The smallest absolute Gasteiger partial charge is 0.316 e. The van der Waals surface area contributed by atoms with Crippen molar-refractivity contribution in [1.82, 2.24) is 0 Å². The minimum Gasteiger partial charge on any atom is -0.426 e. The normalized spacial score (nSPS) is 32.4. The standard InChI is InChI=1S/C27H23Br2ClN2O5/c1-12-7-16(37-27(36)13-8-20(33)31(11-13)15-4-2-3-14(30)9-15)5-6-19(12)32-25(34)21-17-10-18(22(21)26(32)35)24(29)23(17)28/h2-7,9,13,17-18,21-24H,8,10-11H2,1H3/t13-,17-,18-,21-,22-,23+,24+/m1/s1. The molecule has 0 aromatic heterocycles. The Kier molecular flexibility index (Phi) is 6.24. The Balaban J connectivity index is 1.16. The van der Waals surface area contributed by atoms with Crippen LogP contribution >= 0.6 is 43.5 Å². The summed E-state index contributed by atoms with van der Waals surface area (Å²) in [5.74, 6) is -1.59. The zero-order chi connectivity index (χ0) is 26.2. The van der Waals surface area contributed by atoms with E-state index in [1.807, 2.05) is 0 Å². The molecule has 10 heteroatoms. The zero-order valence-corrected chi connectivity index (χ0v) is 23.7. The van der Waals surface area contributed by atoms with Gasteiger partial charge in [0.05, 0.1) is 23.4 Å². The van der Waals surface area contributed by atoms with Crippen molar-refractivity contribution in [1.29, 1.82) is 0 Å². The molecule has 37 heavy (non-hydrogen) atoms. The van der Waals surface area contributed by atoms with Crippen molar-refractivity contribution in [2.75, 3.05) is 16.3 Å². The predicted molar refractivity (Wildman–Crippen MR) is 145 cm³/mol. The number of carbonyl (C=O) groups excluding carboxylic acids is 4. The molecule has 2 bridgehead atoms. The Morgan fingerprint density at radius 2 is 1.68 bits per heavy atom. The number of imide groups is 1. The molecular weight excluding hydrogens is 628 g/mol. The van der Waals surface area contributed by atoms with E-state index in [1.54, 1.807) is 49.4 Å². The van der Waals surface area contributed by atoms with Gasteiger partial charge in [0.2, 0.25) is 17.7 Å². The molecule has 7 atom stereocenters. The van der Waals surface area contributed by atoms with Crippen LogP contribution in [0.1, 0.15) is 18.4 Å². The molecule has 0 N–H and O–H groups in total. The topological polar surface area (TPSA) is 84.0 Å². The summed E-state index contributed by atoms with van der Waals surface area (Å²) in [6.45, 7) is 2.00. The maximum absolute atomic E-state index is 13.4. The molecule has 2 heterocycles. The second kappa shape index (κ2) is 9.20. The molecule has 2 aliphatic heterocycles. The lowest BCUT2D eigenvalue weighted by Gasteiger charge is -2.28. The average molecular weight is 651 g/mol. The molecule has 6 rings (SSSR count). The summed E-state index contributed by atoms with van der Waals surface area (Å²) in [5.41, 5.74) is 1.82. The zero-order valence-electron chi connectivity index (χ0n) is 19.8. The molecule has 7 nitrogen and oxygen atoms in total. The summed E-state index contributed by atoms with van der Waals surface area (Å²) in [5, 5.41) is 0.511. The second-order valence-corrected chi connectivity index (χ2v) is 12.8. The lowest BCUT2D eigenvalue weighted by Crippen LogP contribution is -2.37. The van der Waals surface area contributed by atoms with Crippen molar-refractivity contribution >= 4 is 78.5 Å². The maximum atomic E-state index is 13.4. The van der Waals surface area contributed by atoms with Crippen LogP contribution in [0.15, 0.2) is 42.5 Å². The number of esters is 1. The lowest BCUT2D eigenvalue weighted by atomic mass is 9.81. The second-order valence-electron chi connectivity index (χ2n) is 10.3. The van der Waals surface area contributed by atoms with Crippen molar-refractivity contribution in [3.05, 3.63) is 53.1 Å². The van der Waals surface area contributed by atoms with Gasteiger partial charge in [-0.05, 0) is 67.1 Å². The number of aryl methyl sites for hydroxylation is 1. The number of benzene rings is 2. The number of ether oxygens (including phenoxy) is 1. The summed E-state index contributed by atoms with van der Waals surface area (Å²) >= 11 is 13.5. The highest BCUT2D eigenvalue weighted by molar-refractivity contribution is 9.12. The van der Waals surface area contributed by atoms with Crippen LogP contribution < -0.4 is 14.5 Å². The number of amides is 3. The van der Waals surface area contributed by atoms with Gasteiger partial charge in [0.1, 0.15) is 5.75 Å². The summed E-state index contributed by atoms with van der Waals surface area (Å²) in [7, 11) is 0. The Morgan fingerprint density at radius 3 is 2.30 bits per heavy atom. The molecular formula is C27H23Br2ClN2O5. The van der Waals surface area contributed by atoms with Crippen LogP contribution in [0.4, 0.5) is 11.4 Å². The molecule has 2 saturated heterocycles. The van der Waals surface area contributed by atoms with Gasteiger partial charge < -0.3 is 9.64 Å². The lowest BCUT2D eigenvalue weighted by molar-refractivity contribution is -0.139. The van der Waals surface area contributed by atoms with E-state index >= 15 is 0 Å². The van der Waals surface area contributed by atoms with Crippen LogP contribution in [0.25, 0.3) is 0 Å². The number of hydrogen-bond donors (Lipinski definition) is 0. The van der Waals surface area contributed by atoms with Gasteiger partial charge in [-0.15, -0.1) is 0 Å². The first-order valence-corrected chi connectivity index (χ1v) is 14.4. The Labute approximate surface area is 235 Å². The molecule has 192 valence electrons. The quantitative estimate of drug-likeness (QED) is 0.204. The fourth-order valence-corrected chi connectivity index (χ4v) is 8.55. The molecule has 2 aliphatic carbocycles. The van der Waals surface area contributed by atoms with Gasteiger partial charge in [0, 0.05) is 33.3 Å². The van der Waals surface area contributed by atoms with E-state index in [9.17, 15) is 19.2 Å². The third kappa shape index (κ3) is 3.96. The summed E-state index contributed by atoms with van der Waals surface area (Å²) in [4.78, 5) is 55.4. The van der Waals surface area contributed by atoms with Gasteiger partial charge in [0.15, 0.2) is 0 Å². The van der Waals surface area contributed by atoms with Crippen LogP contribution in [0.5, 0.6) is 5.75 Å². The van der Waals surface area contributed by atoms with Gasteiger partial charge in [-0.2, -0.15) is 0 Å². The number of nitrogens with zero attached hydrogens (tertiary/aromatic N) is 2. The first kappa shape index (κ1) is 25.1. The number of alkyl halides is 2. The van der Waals surface area contributed by atoms with Gasteiger partial charge in [-0.3, -0.25) is 19.2 Å². The molecule has 0 unspecified atom stereocenters. The first-order valence-electron chi connectivity index (χ1n) is 12.2. The number of anilines is 2. The highest BCUT2D eigenvalue weighted by atomic mass is 79.9.